The first-order valence-corrected chi connectivity index (χ1v) is 10.3. The zero-order valence-electron chi connectivity index (χ0n) is 16.9. The van der Waals surface area contributed by atoms with E-state index >= 15 is 0 Å². The van der Waals surface area contributed by atoms with Gasteiger partial charge in [-0.05, 0) is 30.2 Å². The van der Waals surface area contributed by atoms with E-state index in [2.05, 4.69) is 43.3 Å². The highest BCUT2D eigenvalue weighted by molar-refractivity contribution is 6.51. The summed E-state index contributed by atoms with van der Waals surface area (Å²) in [5, 5.41) is 0. The summed E-state index contributed by atoms with van der Waals surface area (Å²) in [7, 11) is 0. The number of rotatable bonds is 3. The number of aliphatic imine (C=N–C) groups is 2. The fourth-order valence-electron chi connectivity index (χ4n) is 4.42. The summed E-state index contributed by atoms with van der Waals surface area (Å²) in [6.45, 7) is 3.22. The molecule has 0 bridgehead atoms. The van der Waals surface area contributed by atoms with Crippen molar-refractivity contribution >= 4 is 23.0 Å². The lowest BCUT2D eigenvalue weighted by atomic mass is 9.85. The van der Waals surface area contributed by atoms with E-state index in [0.29, 0.717) is 18.8 Å². The Hall–Kier alpha value is -3.53. The lowest BCUT2D eigenvalue weighted by Gasteiger charge is -2.29. The van der Waals surface area contributed by atoms with Gasteiger partial charge in [-0.15, -0.1) is 0 Å². The van der Waals surface area contributed by atoms with Gasteiger partial charge < -0.3 is 0 Å². The van der Waals surface area contributed by atoms with Crippen molar-refractivity contribution in [1.82, 2.24) is 0 Å². The smallest absolute Gasteiger partial charge is 0.273 e. The molecule has 2 aliphatic rings. The zero-order valence-corrected chi connectivity index (χ0v) is 16.9. The molecule has 1 saturated heterocycles. The fourth-order valence-corrected chi connectivity index (χ4v) is 4.42. The predicted octanol–water partition coefficient (Wildman–Crippen LogP) is 4.64. The van der Waals surface area contributed by atoms with E-state index in [9.17, 15) is 4.79 Å². The first kappa shape index (κ1) is 18.5. The number of nitrogens with zero attached hydrogens (tertiary/aromatic N) is 3. The molecule has 2 aliphatic heterocycles. The van der Waals surface area contributed by atoms with Crippen LogP contribution in [0.4, 0.5) is 5.69 Å². The number of para-hydroxylation sites is 1. The Morgan fingerprint density at radius 1 is 0.767 bits per heavy atom. The molecule has 2 heterocycles. The van der Waals surface area contributed by atoms with Crippen molar-refractivity contribution in [2.24, 2.45) is 15.9 Å². The van der Waals surface area contributed by atoms with Crippen molar-refractivity contribution in [2.75, 3.05) is 18.0 Å². The van der Waals surface area contributed by atoms with Crippen molar-refractivity contribution in [2.45, 2.75) is 13.0 Å². The third-order valence-corrected chi connectivity index (χ3v) is 5.81. The Bertz CT molecular complexity index is 1120. The van der Waals surface area contributed by atoms with E-state index in [4.69, 9.17) is 9.98 Å². The standard InChI is InChI=1S/C26H23N3O/c1-18-12-14-20(15-13-18)25-22-23(19-8-4-2-5-9-19)27-16-17-28-24(22)26(30)29(25)21-10-6-3-7-11-21/h2-15,22,25H,16-17H2,1H3/t22-,25-/m0/s1. The second-order valence-corrected chi connectivity index (χ2v) is 7.74. The van der Waals surface area contributed by atoms with Crippen LogP contribution >= 0.6 is 0 Å². The van der Waals surface area contributed by atoms with Crippen LogP contribution in [0, 0.1) is 12.8 Å². The zero-order chi connectivity index (χ0) is 20.5. The van der Waals surface area contributed by atoms with Crippen molar-refractivity contribution in [1.29, 1.82) is 0 Å². The van der Waals surface area contributed by atoms with Gasteiger partial charge in [0.15, 0.2) is 0 Å². The van der Waals surface area contributed by atoms with Gasteiger partial charge in [0.05, 0.1) is 30.8 Å². The van der Waals surface area contributed by atoms with Gasteiger partial charge in [0.1, 0.15) is 5.71 Å². The average molecular weight is 393 g/mol. The second kappa shape index (κ2) is 7.71. The molecule has 0 saturated carbocycles. The Kier molecular flexibility index (Phi) is 4.75. The van der Waals surface area contributed by atoms with Crippen LogP contribution in [0.1, 0.15) is 22.7 Å². The molecule has 4 heteroatoms. The Labute approximate surface area is 176 Å². The van der Waals surface area contributed by atoms with Gasteiger partial charge in [-0.25, -0.2) is 0 Å². The molecule has 1 fully saturated rings. The highest BCUT2D eigenvalue weighted by Crippen LogP contribution is 2.42. The van der Waals surface area contributed by atoms with E-state index in [1.165, 1.54) is 5.56 Å². The molecule has 0 spiro atoms. The Morgan fingerprint density at radius 2 is 1.37 bits per heavy atom. The number of anilines is 1. The maximum absolute atomic E-state index is 13.7. The number of hydrogen-bond donors (Lipinski definition) is 0. The van der Waals surface area contributed by atoms with Crippen LogP contribution < -0.4 is 4.90 Å². The molecular formula is C26H23N3O. The largest absolute Gasteiger partial charge is 0.299 e. The first-order valence-electron chi connectivity index (χ1n) is 10.3. The number of benzene rings is 3. The third kappa shape index (κ3) is 3.14. The van der Waals surface area contributed by atoms with Gasteiger partial charge in [-0.3, -0.25) is 19.7 Å². The van der Waals surface area contributed by atoms with Crippen LogP contribution in [0.25, 0.3) is 0 Å². The van der Waals surface area contributed by atoms with Gasteiger partial charge in [0, 0.05) is 5.69 Å². The number of amides is 1. The van der Waals surface area contributed by atoms with Crippen molar-refractivity contribution in [3.05, 3.63) is 102 Å². The minimum absolute atomic E-state index is 0.0256. The molecule has 0 unspecified atom stereocenters. The van der Waals surface area contributed by atoms with Gasteiger partial charge in [0.25, 0.3) is 5.91 Å². The van der Waals surface area contributed by atoms with Crippen molar-refractivity contribution < 1.29 is 4.79 Å². The maximum atomic E-state index is 13.7. The van der Waals surface area contributed by atoms with E-state index < -0.39 is 0 Å². The average Bonchev–Trinajstić information content (AvgIpc) is 2.93. The van der Waals surface area contributed by atoms with Crippen LogP contribution in [0.3, 0.4) is 0 Å². The highest BCUT2D eigenvalue weighted by Gasteiger charge is 2.49. The van der Waals surface area contributed by atoms with E-state index in [1.54, 1.807) is 0 Å². The summed E-state index contributed by atoms with van der Waals surface area (Å²) in [6.07, 6.45) is 0. The molecule has 0 aliphatic carbocycles. The van der Waals surface area contributed by atoms with Crippen LogP contribution in [0.15, 0.2) is 94.9 Å². The molecule has 0 N–H and O–H groups in total. The van der Waals surface area contributed by atoms with Crippen LogP contribution in [0.5, 0.6) is 0 Å². The summed E-state index contributed by atoms with van der Waals surface area (Å²) in [5.41, 5.74) is 5.79. The maximum Gasteiger partial charge on any atom is 0.273 e. The van der Waals surface area contributed by atoms with Gasteiger partial charge >= 0.3 is 0 Å². The van der Waals surface area contributed by atoms with Gasteiger partial charge in [0.2, 0.25) is 0 Å². The van der Waals surface area contributed by atoms with Gasteiger partial charge in [-0.1, -0.05) is 78.4 Å². The third-order valence-electron chi connectivity index (χ3n) is 5.81. The quantitative estimate of drug-likeness (QED) is 0.639. The molecule has 148 valence electrons. The number of carbonyl (C=O) groups excluding carboxylic acids is 1. The Balaban J connectivity index is 1.72. The van der Waals surface area contributed by atoms with Crippen molar-refractivity contribution in [3.8, 4) is 0 Å². The predicted molar refractivity (Wildman–Crippen MR) is 121 cm³/mol. The van der Waals surface area contributed by atoms with E-state index in [0.717, 1.165) is 22.5 Å². The summed E-state index contributed by atoms with van der Waals surface area (Å²) in [4.78, 5) is 25.2. The van der Waals surface area contributed by atoms with Crippen molar-refractivity contribution in [3.63, 3.8) is 0 Å². The normalized spacial score (nSPS) is 21.0. The molecule has 30 heavy (non-hydrogen) atoms. The molecule has 3 aromatic carbocycles. The fraction of sp³-hybridized carbons (Fsp3) is 0.192. The number of fused-ring (bicyclic) bond motifs is 1. The van der Waals surface area contributed by atoms with Crippen LogP contribution in [-0.4, -0.2) is 30.4 Å². The summed E-state index contributed by atoms with van der Waals surface area (Å²) in [5.74, 6) is -0.229. The minimum Gasteiger partial charge on any atom is -0.299 e. The number of aryl methyl sites for hydroxylation is 1. The molecule has 4 nitrogen and oxygen atoms in total. The number of carbonyl (C=O) groups is 1. The molecular weight excluding hydrogens is 370 g/mol. The molecule has 2 atom stereocenters. The molecule has 0 radical (unpaired) electrons. The lowest BCUT2D eigenvalue weighted by molar-refractivity contribution is -0.112. The summed E-state index contributed by atoms with van der Waals surface area (Å²) < 4.78 is 0. The molecule has 0 aromatic heterocycles. The van der Waals surface area contributed by atoms with E-state index in [1.807, 2.05) is 53.4 Å². The SMILES string of the molecule is Cc1ccc([C@H]2[C@@H]3C(=NCCN=C3c3ccccc3)C(=O)N2c2ccccc2)cc1. The topological polar surface area (TPSA) is 45.0 Å². The van der Waals surface area contributed by atoms with Crippen LogP contribution in [0.2, 0.25) is 0 Å². The number of hydrogen-bond acceptors (Lipinski definition) is 3. The monoisotopic (exact) mass is 393 g/mol. The summed E-state index contributed by atoms with van der Waals surface area (Å²) in [6, 6.07) is 28.4. The second-order valence-electron chi connectivity index (χ2n) is 7.74. The molecule has 3 aromatic rings. The molecule has 5 rings (SSSR count). The molecule has 1 amide bonds. The first-order chi connectivity index (χ1) is 14.7. The highest BCUT2D eigenvalue weighted by atomic mass is 16.2. The summed E-state index contributed by atoms with van der Waals surface area (Å²) >= 11 is 0. The van der Waals surface area contributed by atoms with E-state index in [-0.39, 0.29) is 17.9 Å². The lowest BCUT2D eigenvalue weighted by Crippen LogP contribution is -2.31. The van der Waals surface area contributed by atoms with Crippen LogP contribution in [-0.2, 0) is 4.79 Å². The minimum atomic E-state index is -0.203. The Morgan fingerprint density at radius 3 is 2.03 bits per heavy atom. The van der Waals surface area contributed by atoms with Gasteiger partial charge in [-0.2, -0.15) is 0 Å².